The molecule has 1 aromatic rings. The van der Waals surface area contributed by atoms with Crippen LogP contribution in [0, 0.1) is 0 Å². The number of carbonyl (C=O) groups excluding carboxylic acids is 1. The normalized spacial score (nSPS) is 12.7. The summed E-state index contributed by atoms with van der Waals surface area (Å²) in [6.45, 7) is 3.16. The average Bonchev–Trinajstić information content (AvgIpc) is 2.35. The molecule has 0 radical (unpaired) electrons. The van der Waals surface area contributed by atoms with Crippen LogP contribution in [0.15, 0.2) is 29.2 Å². The molecule has 0 aliphatic rings. The molecule has 0 saturated carbocycles. The highest BCUT2D eigenvalue weighted by atomic mass is 32.2. The molecule has 4 N–H and O–H groups in total. The van der Waals surface area contributed by atoms with Crippen molar-refractivity contribution in [2.24, 2.45) is 5.73 Å². The van der Waals surface area contributed by atoms with Crippen molar-refractivity contribution in [1.82, 2.24) is 4.72 Å². The number of amides is 1. The maximum absolute atomic E-state index is 12.1. The van der Waals surface area contributed by atoms with Gasteiger partial charge in [-0.3, -0.25) is 4.79 Å². The van der Waals surface area contributed by atoms with Gasteiger partial charge in [0.1, 0.15) is 0 Å². The van der Waals surface area contributed by atoms with E-state index in [1.54, 1.807) is 6.92 Å². The first-order chi connectivity index (χ1) is 9.26. The fourth-order valence-corrected chi connectivity index (χ4v) is 3.12. The van der Waals surface area contributed by atoms with Gasteiger partial charge in [0.2, 0.25) is 15.9 Å². The summed E-state index contributed by atoms with van der Waals surface area (Å²) >= 11 is 4.81. The number of rotatable bonds is 6. The maximum atomic E-state index is 12.1. The van der Waals surface area contributed by atoms with Crippen LogP contribution in [0.2, 0.25) is 0 Å². The van der Waals surface area contributed by atoms with Crippen LogP contribution in [0.4, 0.5) is 5.69 Å². The topological polar surface area (TPSA) is 101 Å². The predicted molar refractivity (Wildman–Crippen MR) is 81.9 cm³/mol. The van der Waals surface area contributed by atoms with Gasteiger partial charge in [0.25, 0.3) is 0 Å². The average molecular weight is 315 g/mol. The minimum Gasteiger partial charge on any atom is -0.392 e. The van der Waals surface area contributed by atoms with Crippen LogP contribution < -0.4 is 15.8 Å². The van der Waals surface area contributed by atoms with Gasteiger partial charge in [-0.25, -0.2) is 13.1 Å². The van der Waals surface area contributed by atoms with Crippen molar-refractivity contribution in [2.75, 3.05) is 5.32 Å². The standard InChI is InChI=1S/C12H17N3O3S2/c1-3-11(12(13)19)15-20(17,18)10-6-4-9(5-7-10)14-8(2)16/h4-7,11,15H,3H2,1-2H3,(H2,13,19)(H,14,16). The van der Waals surface area contributed by atoms with Gasteiger partial charge in [-0.05, 0) is 30.7 Å². The van der Waals surface area contributed by atoms with E-state index >= 15 is 0 Å². The van der Waals surface area contributed by atoms with Crippen LogP contribution in [0.1, 0.15) is 20.3 Å². The van der Waals surface area contributed by atoms with E-state index in [2.05, 4.69) is 10.0 Å². The zero-order valence-electron chi connectivity index (χ0n) is 11.2. The molecule has 1 aromatic carbocycles. The second-order valence-corrected chi connectivity index (χ2v) is 6.38. The van der Waals surface area contributed by atoms with Crippen molar-refractivity contribution in [1.29, 1.82) is 0 Å². The Morgan fingerprint density at radius 1 is 1.35 bits per heavy atom. The summed E-state index contributed by atoms with van der Waals surface area (Å²) in [6, 6.07) is 5.25. The van der Waals surface area contributed by atoms with E-state index in [1.165, 1.54) is 31.2 Å². The molecule has 6 nitrogen and oxygen atoms in total. The van der Waals surface area contributed by atoms with Gasteiger partial charge in [0.15, 0.2) is 0 Å². The molecule has 0 aliphatic carbocycles. The number of nitrogens with one attached hydrogen (secondary N) is 2. The highest BCUT2D eigenvalue weighted by Crippen LogP contribution is 2.14. The van der Waals surface area contributed by atoms with Crippen molar-refractivity contribution in [2.45, 2.75) is 31.2 Å². The SMILES string of the molecule is CCC(NS(=O)(=O)c1ccc(NC(C)=O)cc1)C(N)=S. The Labute approximate surface area is 123 Å². The van der Waals surface area contributed by atoms with E-state index in [0.717, 1.165) is 0 Å². The molecule has 20 heavy (non-hydrogen) atoms. The predicted octanol–water partition coefficient (Wildman–Crippen LogP) is 0.988. The van der Waals surface area contributed by atoms with Crippen molar-refractivity contribution in [3.8, 4) is 0 Å². The number of nitrogens with two attached hydrogens (primary N) is 1. The van der Waals surface area contributed by atoms with Gasteiger partial charge in [0, 0.05) is 12.6 Å². The summed E-state index contributed by atoms with van der Waals surface area (Å²) in [7, 11) is -3.69. The van der Waals surface area contributed by atoms with Gasteiger partial charge in [-0.2, -0.15) is 0 Å². The summed E-state index contributed by atoms with van der Waals surface area (Å²) in [5.74, 6) is -0.224. The fraction of sp³-hybridized carbons (Fsp3) is 0.333. The molecule has 1 rings (SSSR count). The zero-order chi connectivity index (χ0) is 15.3. The first kappa shape index (κ1) is 16.5. The van der Waals surface area contributed by atoms with Crippen molar-refractivity contribution in [3.05, 3.63) is 24.3 Å². The second kappa shape index (κ2) is 6.78. The molecular formula is C12H17N3O3S2. The van der Waals surface area contributed by atoms with Crippen LogP contribution in [0.5, 0.6) is 0 Å². The third-order valence-electron chi connectivity index (χ3n) is 2.53. The molecule has 0 heterocycles. The minimum absolute atomic E-state index is 0.0845. The van der Waals surface area contributed by atoms with E-state index in [4.69, 9.17) is 18.0 Å². The van der Waals surface area contributed by atoms with Crippen molar-refractivity contribution < 1.29 is 13.2 Å². The molecule has 1 amide bonds. The molecule has 8 heteroatoms. The van der Waals surface area contributed by atoms with Gasteiger partial charge >= 0.3 is 0 Å². The Kier molecular flexibility index (Phi) is 5.61. The largest absolute Gasteiger partial charge is 0.392 e. The molecule has 1 atom stereocenters. The summed E-state index contributed by atoms with van der Waals surface area (Å²) in [6.07, 6.45) is 0.471. The molecule has 110 valence electrons. The Balaban J connectivity index is 2.92. The monoisotopic (exact) mass is 315 g/mol. The van der Waals surface area contributed by atoms with E-state index in [1.807, 2.05) is 0 Å². The molecule has 0 spiro atoms. The Morgan fingerprint density at radius 3 is 2.30 bits per heavy atom. The molecule has 1 unspecified atom stereocenters. The summed E-state index contributed by atoms with van der Waals surface area (Å²) < 4.78 is 26.7. The third kappa shape index (κ3) is 4.55. The highest BCUT2D eigenvalue weighted by molar-refractivity contribution is 7.89. The number of hydrogen-bond donors (Lipinski definition) is 3. The van der Waals surface area contributed by atoms with E-state index in [-0.39, 0.29) is 15.8 Å². The molecule has 0 aliphatic heterocycles. The van der Waals surface area contributed by atoms with Crippen LogP contribution in [0.25, 0.3) is 0 Å². The van der Waals surface area contributed by atoms with E-state index < -0.39 is 16.1 Å². The van der Waals surface area contributed by atoms with Crippen LogP contribution in [-0.4, -0.2) is 25.4 Å². The lowest BCUT2D eigenvalue weighted by Crippen LogP contribution is -2.42. The first-order valence-electron chi connectivity index (χ1n) is 5.95. The van der Waals surface area contributed by atoms with Crippen LogP contribution in [-0.2, 0) is 14.8 Å². The highest BCUT2D eigenvalue weighted by Gasteiger charge is 2.20. The Bertz CT molecular complexity index is 597. The lowest BCUT2D eigenvalue weighted by Gasteiger charge is -2.15. The van der Waals surface area contributed by atoms with Crippen molar-refractivity contribution >= 4 is 38.8 Å². The lowest BCUT2D eigenvalue weighted by atomic mass is 10.2. The quantitative estimate of drug-likeness (QED) is 0.680. The smallest absolute Gasteiger partial charge is 0.241 e. The van der Waals surface area contributed by atoms with Gasteiger partial charge in [-0.1, -0.05) is 19.1 Å². The summed E-state index contributed by atoms with van der Waals surface area (Å²) in [5.41, 5.74) is 5.99. The van der Waals surface area contributed by atoms with Gasteiger partial charge < -0.3 is 11.1 Å². The zero-order valence-corrected chi connectivity index (χ0v) is 12.8. The Morgan fingerprint density at radius 2 is 1.90 bits per heavy atom. The van der Waals surface area contributed by atoms with E-state index in [0.29, 0.717) is 12.1 Å². The Hall–Kier alpha value is -1.51. The molecule has 0 bridgehead atoms. The summed E-state index contributed by atoms with van der Waals surface area (Å²) in [4.78, 5) is 11.1. The van der Waals surface area contributed by atoms with Gasteiger partial charge in [0.05, 0.1) is 15.9 Å². The molecule has 0 aromatic heterocycles. The number of anilines is 1. The number of carbonyl (C=O) groups is 1. The van der Waals surface area contributed by atoms with Crippen molar-refractivity contribution in [3.63, 3.8) is 0 Å². The fourth-order valence-electron chi connectivity index (χ4n) is 1.52. The van der Waals surface area contributed by atoms with Crippen LogP contribution in [0.3, 0.4) is 0 Å². The molecule has 0 fully saturated rings. The third-order valence-corrected chi connectivity index (χ3v) is 4.31. The number of benzene rings is 1. The first-order valence-corrected chi connectivity index (χ1v) is 7.84. The number of hydrogen-bond acceptors (Lipinski definition) is 4. The second-order valence-electron chi connectivity index (χ2n) is 4.19. The maximum Gasteiger partial charge on any atom is 0.241 e. The minimum atomic E-state index is -3.69. The molecule has 0 saturated heterocycles. The van der Waals surface area contributed by atoms with E-state index in [9.17, 15) is 13.2 Å². The lowest BCUT2D eigenvalue weighted by molar-refractivity contribution is -0.114. The summed E-state index contributed by atoms with van der Waals surface area (Å²) in [5, 5.41) is 2.56. The molecular weight excluding hydrogens is 298 g/mol. The number of sulfonamides is 1. The van der Waals surface area contributed by atoms with Gasteiger partial charge in [-0.15, -0.1) is 0 Å². The van der Waals surface area contributed by atoms with Crippen LogP contribution >= 0.6 is 12.2 Å². The number of thiocarbonyl (C=S) groups is 1.